The minimum Gasteiger partial charge on any atom is -0.478 e. The molecule has 0 aliphatic rings. The van der Waals surface area contributed by atoms with Gasteiger partial charge in [-0.05, 0) is 43.7 Å². The van der Waals surface area contributed by atoms with Crippen LogP contribution in [0, 0.1) is 13.8 Å². The van der Waals surface area contributed by atoms with E-state index in [4.69, 9.17) is 10.2 Å². The van der Waals surface area contributed by atoms with Crippen LogP contribution in [0.5, 0.6) is 0 Å². The monoisotopic (exact) mass is 261 g/mol. The van der Waals surface area contributed by atoms with Crippen molar-refractivity contribution in [1.82, 2.24) is 4.98 Å². The van der Waals surface area contributed by atoms with Gasteiger partial charge in [0.1, 0.15) is 0 Å². The Morgan fingerprint density at radius 3 is 1.74 bits per heavy atom. The molecule has 5 nitrogen and oxygen atoms in total. The number of aromatic nitrogens is 1. The van der Waals surface area contributed by atoms with Gasteiger partial charge in [-0.15, -0.1) is 0 Å². The van der Waals surface area contributed by atoms with Gasteiger partial charge in [-0.2, -0.15) is 0 Å². The lowest BCUT2D eigenvalue weighted by Gasteiger charge is -2.03. The Bertz CT molecular complexity index is 541. The van der Waals surface area contributed by atoms with E-state index in [1.165, 1.54) is 30.8 Å². The van der Waals surface area contributed by atoms with E-state index in [2.05, 4.69) is 4.98 Å². The van der Waals surface area contributed by atoms with E-state index in [9.17, 15) is 9.59 Å². The first-order valence-corrected chi connectivity index (χ1v) is 5.59. The first-order chi connectivity index (χ1) is 8.93. The summed E-state index contributed by atoms with van der Waals surface area (Å²) in [5, 5.41) is 17.4. The van der Waals surface area contributed by atoms with Gasteiger partial charge >= 0.3 is 11.9 Å². The molecule has 3 N–H and O–H groups in total. The number of carboxylic acid groups (broad SMARTS) is 2. The highest BCUT2D eigenvalue weighted by Gasteiger charge is 2.13. The molecule has 0 radical (unpaired) electrons. The average Bonchev–Trinajstić information content (AvgIpc) is 2.80. The molecule has 0 saturated heterocycles. The summed E-state index contributed by atoms with van der Waals surface area (Å²) in [5.74, 6) is -2.22. The highest BCUT2D eigenvalue weighted by molar-refractivity contribution is 5.96. The molecule has 1 heterocycles. The van der Waals surface area contributed by atoms with Gasteiger partial charge < -0.3 is 15.2 Å². The van der Waals surface area contributed by atoms with Crippen molar-refractivity contribution < 1.29 is 19.8 Å². The highest BCUT2D eigenvalue weighted by atomic mass is 16.4. The molecule has 0 bridgehead atoms. The molecule has 5 heteroatoms. The van der Waals surface area contributed by atoms with Crippen LogP contribution in [0.3, 0.4) is 0 Å². The third kappa shape index (κ3) is 3.99. The summed E-state index contributed by atoms with van der Waals surface area (Å²) < 4.78 is 0. The van der Waals surface area contributed by atoms with Gasteiger partial charge in [-0.25, -0.2) is 9.59 Å². The number of rotatable bonds is 2. The van der Waals surface area contributed by atoms with Gasteiger partial charge in [-0.1, -0.05) is 6.07 Å². The Kier molecular flexibility index (Phi) is 4.88. The van der Waals surface area contributed by atoms with Gasteiger partial charge in [0.05, 0.1) is 11.1 Å². The SMILES string of the molecule is Cc1c(C(=O)O)cccc1C(=O)O.Cc1ccc[nH]1. The standard InChI is InChI=1S/C9H8O4.C5H7N/c1-5-6(8(10)11)3-2-4-7(5)9(12)13;1-5-3-2-4-6-5/h2-4H,1H3,(H,10,11)(H,12,13);2-4,6H,1H3. The van der Waals surface area contributed by atoms with Crippen molar-refractivity contribution in [2.24, 2.45) is 0 Å². The van der Waals surface area contributed by atoms with E-state index in [0.29, 0.717) is 0 Å². The molecule has 0 atom stereocenters. The predicted molar refractivity (Wildman–Crippen MR) is 70.6 cm³/mol. The summed E-state index contributed by atoms with van der Waals surface area (Å²) in [6.07, 6.45) is 1.91. The zero-order valence-electron chi connectivity index (χ0n) is 10.7. The van der Waals surface area contributed by atoms with Crippen molar-refractivity contribution in [3.63, 3.8) is 0 Å². The fourth-order valence-electron chi connectivity index (χ4n) is 1.52. The summed E-state index contributed by atoms with van der Waals surface area (Å²) in [6, 6.07) is 8.18. The molecule has 0 unspecified atom stereocenters. The molecule has 0 aliphatic heterocycles. The number of aromatic amines is 1. The third-order valence-electron chi connectivity index (χ3n) is 2.55. The lowest BCUT2D eigenvalue weighted by Crippen LogP contribution is -2.06. The maximum absolute atomic E-state index is 10.6. The van der Waals surface area contributed by atoms with E-state index in [1.54, 1.807) is 0 Å². The normalized spacial score (nSPS) is 9.37. The molecule has 100 valence electrons. The van der Waals surface area contributed by atoms with Gasteiger partial charge in [0.25, 0.3) is 0 Å². The molecule has 1 aromatic carbocycles. The smallest absolute Gasteiger partial charge is 0.335 e. The minimum atomic E-state index is -1.11. The Morgan fingerprint density at radius 2 is 1.47 bits per heavy atom. The predicted octanol–water partition coefficient (Wildman–Crippen LogP) is 2.71. The van der Waals surface area contributed by atoms with E-state index in [-0.39, 0.29) is 16.7 Å². The number of nitrogens with one attached hydrogen (secondary N) is 1. The van der Waals surface area contributed by atoms with Gasteiger partial charge in [0.15, 0.2) is 0 Å². The minimum absolute atomic E-state index is 0.0277. The van der Waals surface area contributed by atoms with Crippen LogP contribution < -0.4 is 0 Å². The number of benzene rings is 1. The number of aromatic carboxylic acids is 2. The Balaban J connectivity index is 0.000000250. The number of hydrogen-bond donors (Lipinski definition) is 3. The van der Waals surface area contributed by atoms with Crippen LogP contribution in [0.15, 0.2) is 36.5 Å². The summed E-state index contributed by atoms with van der Waals surface area (Å²) >= 11 is 0. The fourth-order valence-corrected chi connectivity index (χ4v) is 1.52. The second-order valence-corrected chi connectivity index (χ2v) is 3.94. The molecule has 1 aromatic heterocycles. The van der Waals surface area contributed by atoms with Crippen molar-refractivity contribution >= 4 is 11.9 Å². The summed E-state index contributed by atoms with van der Waals surface area (Å²) in [5.41, 5.74) is 1.55. The lowest BCUT2D eigenvalue weighted by atomic mass is 10.0. The third-order valence-corrected chi connectivity index (χ3v) is 2.55. The molecule has 2 rings (SSSR count). The maximum atomic E-state index is 10.6. The second kappa shape index (κ2) is 6.39. The number of carboxylic acids is 2. The van der Waals surface area contributed by atoms with E-state index in [0.717, 1.165) is 0 Å². The average molecular weight is 261 g/mol. The van der Waals surface area contributed by atoms with Crippen LogP contribution in [0.25, 0.3) is 0 Å². The largest absolute Gasteiger partial charge is 0.478 e. The highest BCUT2D eigenvalue weighted by Crippen LogP contribution is 2.13. The quantitative estimate of drug-likeness (QED) is 0.775. The van der Waals surface area contributed by atoms with Crippen LogP contribution in [-0.4, -0.2) is 27.1 Å². The zero-order valence-corrected chi connectivity index (χ0v) is 10.7. The van der Waals surface area contributed by atoms with Crippen LogP contribution >= 0.6 is 0 Å². The van der Waals surface area contributed by atoms with Crippen LogP contribution in [0.2, 0.25) is 0 Å². The van der Waals surface area contributed by atoms with Crippen molar-refractivity contribution in [2.45, 2.75) is 13.8 Å². The summed E-state index contributed by atoms with van der Waals surface area (Å²) in [6.45, 7) is 3.51. The first kappa shape index (κ1) is 14.5. The molecular formula is C14H15NO4. The van der Waals surface area contributed by atoms with E-state index in [1.807, 2.05) is 25.3 Å². The van der Waals surface area contributed by atoms with Crippen molar-refractivity contribution in [3.05, 3.63) is 58.9 Å². The topological polar surface area (TPSA) is 90.4 Å². The maximum Gasteiger partial charge on any atom is 0.335 e. The summed E-state index contributed by atoms with van der Waals surface area (Å²) in [7, 11) is 0. The van der Waals surface area contributed by atoms with E-state index >= 15 is 0 Å². The van der Waals surface area contributed by atoms with Crippen LogP contribution in [0.4, 0.5) is 0 Å². The Morgan fingerprint density at radius 1 is 0.947 bits per heavy atom. The number of H-pyrrole nitrogens is 1. The van der Waals surface area contributed by atoms with Gasteiger partial charge in [0.2, 0.25) is 0 Å². The molecule has 0 amide bonds. The molecule has 0 fully saturated rings. The van der Waals surface area contributed by atoms with Gasteiger partial charge in [0, 0.05) is 11.9 Å². The number of hydrogen-bond acceptors (Lipinski definition) is 2. The molecule has 0 aliphatic carbocycles. The van der Waals surface area contributed by atoms with E-state index < -0.39 is 11.9 Å². The van der Waals surface area contributed by atoms with Crippen molar-refractivity contribution in [1.29, 1.82) is 0 Å². The summed E-state index contributed by atoms with van der Waals surface area (Å²) in [4.78, 5) is 24.2. The number of aryl methyl sites for hydroxylation is 1. The molecule has 2 aromatic rings. The Labute approximate surface area is 110 Å². The van der Waals surface area contributed by atoms with Gasteiger partial charge in [-0.3, -0.25) is 0 Å². The van der Waals surface area contributed by atoms with Crippen molar-refractivity contribution in [3.8, 4) is 0 Å². The zero-order chi connectivity index (χ0) is 14.4. The Hall–Kier alpha value is -2.56. The number of carbonyl (C=O) groups is 2. The lowest BCUT2D eigenvalue weighted by molar-refractivity contribution is 0.0696. The molecule has 19 heavy (non-hydrogen) atoms. The van der Waals surface area contributed by atoms with Crippen LogP contribution in [-0.2, 0) is 0 Å². The first-order valence-electron chi connectivity index (χ1n) is 5.59. The fraction of sp³-hybridized carbons (Fsp3) is 0.143. The molecular weight excluding hydrogens is 246 g/mol. The molecule has 0 spiro atoms. The molecule has 0 saturated carbocycles. The van der Waals surface area contributed by atoms with Crippen LogP contribution in [0.1, 0.15) is 32.0 Å². The second-order valence-electron chi connectivity index (χ2n) is 3.94. The van der Waals surface area contributed by atoms with Crippen molar-refractivity contribution in [2.75, 3.05) is 0 Å².